The van der Waals surface area contributed by atoms with Gasteiger partial charge in [-0.25, -0.2) is 4.99 Å². The van der Waals surface area contributed by atoms with Gasteiger partial charge in [-0.05, 0) is 79.6 Å². The molecule has 1 N–H and O–H groups in total. The Morgan fingerprint density at radius 2 is 1.68 bits per heavy atom. The zero-order valence-corrected chi connectivity index (χ0v) is 18.0. The van der Waals surface area contributed by atoms with E-state index in [1.165, 1.54) is 0 Å². The number of hydrogen-bond acceptors (Lipinski definition) is 5. The third-order valence-electron chi connectivity index (χ3n) is 4.33. The number of nitrogens with one attached hydrogen (secondary N) is 1. The van der Waals surface area contributed by atoms with E-state index >= 15 is 0 Å². The van der Waals surface area contributed by atoms with Gasteiger partial charge in [-0.2, -0.15) is 5.10 Å². The highest BCUT2D eigenvalue weighted by Gasteiger charge is 2.04. The molecule has 160 valence electrons. The molecule has 0 bridgehead atoms. The lowest BCUT2D eigenvalue weighted by Crippen LogP contribution is -2.20. The van der Waals surface area contributed by atoms with Gasteiger partial charge in [0.05, 0.1) is 25.1 Å². The molecule has 3 rings (SSSR count). The van der Waals surface area contributed by atoms with E-state index in [2.05, 4.69) is 27.4 Å². The zero-order chi connectivity index (χ0) is 21.7. The van der Waals surface area contributed by atoms with E-state index in [1.807, 2.05) is 73.7 Å². The fourth-order valence-electron chi connectivity index (χ4n) is 2.71. The van der Waals surface area contributed by atoms with E-state index in [1.54, 1.807) is 12.4 Å². The van der Waals surface area contributed by atoms with Crippen molar-refractivity contribution in [3.05, 3.63) is 84.2 Å². The molecular weight excluding hydrogens is 388 g/mol. The number of aromatic nitrogens is 1. The van der Waals surface area contributed by atoms with E-state index in [0.717, 1.165) is 42.2 Å². The molecule has 2 aromatic carbocycles. The Labute approximate surface area is 183 Å². The predicted octanol–water partition coefficient (Wildman–Crippen LogP) is 5.36. The van der Waals surface area contributed by atoms with Crippen LogP contribution in [0.15, 0.2) is 83.0 Å². The SMILES string of the molecule is CCCCOc1ccc(/C=N\NC(=Nc2ccc(OCC)cc2)c2ccccn2)cc1. The van der Waals surface area contributed by atoms with Crippen molar-refractivity contribution >= 4 is 17.7 Å². The normalized spacial score (nSPS) is 11.5. The van der Waals surface area contributed by atoms with Crippen molar-refractivity contribution in [2.45, 2.75) is 26.7 Å². The average Bonchev–Trinajstić information content (AvgIpc) is 2.81. The van der Waals surface area contributed by atoms with Gasteiger partial charge in [0.2, 0.25) is 0 Å². The summed E-state index contributed by atoms with van der Waals surface area (Å²) in [6, 6.07) is 21.1. The molecular formula is C25H28N4O2. The third-order valence-corrected chi connectivity index (χ3v) is 4.33. The molecule has 3 aromatic rings. The van der Waals surface area contributed by atoms with Gasteiger partial charge in [0, 0.05) is 6.20 Å². The van der Waals surface area contributed by atoms with Gasteiger partial charge >= 0.3 is 0 Å². The maximum Gasteiger partial charge on any atom is 0.172 e. The molecule has 6 nitrogen and oxygen atoms in total. The minimum atomic E-state index is 0.556. The lowest BCUT2D eigenvalue weighted by Gasteiger charge is -2.07. The maximum absolute atomic E-state index is 5.70. The molecule has 0 unspecified atom stereocenters. The van der Waals surface area contributed by atoms with Crippen LogP contribution >= 0.6 is 0 Å². The number of amidine groups is 1. The minimum absolute atomic E-state index is 0.556. The van der Waals surface area contributed by atoms with Crippen LogP contribution in [0.3, 0.4) is 0 Å². The Hall–Kier alpha value is -3.67. The van der Waals surface area contributed by atoms with Crippen LogP contribution in [0.2, 0.25) is 0 Å². The second-order valence-electron chi connectivity index (χ2n) is 6.74. The molecule has 0 saturated carbocycles. The van der Waals surface area contributed by atoms with E-state index < -0.39 is 0 Å². The summed E-state index contributed by atoms with van der Waals surface area (Å²) in [5, 5.41) is 4.36. The van der Waals surface area contributed by atoms with Crippen LogP contribution in [0.25, 0.3) is 0 Å². The van der Waals surface area contributed by atoms with Crippen LogP contribution in [0.5, 0.6) is 11.5 Å². The molecule has 0 fully saturated rings. The fourth-order valence-corrected chi connectivity index (χ4v) is 2.71. The Morgan fingerprint density at radius 3 is 2.35 bits per heavy atom. The van der Waals surface area contributed by atoms with Crippen molar-refractivity contribution in [3.8, 4) is 11.5 Å². The third kappa shape index (κ3) is 7.26. The highest BCUT2D eigenvalue weighted by Crippen LogP contribution is 2.19. The number of benzene rings is 2. The highest BCUT2D eigenvalue weighted by molar-refractivity contribution is 5.99. The summed E-state index contributed by atoms with van der Waals surface area (Å²) in [5.41, 5.74) is 5.46. The maximum atomic E-state index is 5.70. The van der Waals surface area contributed by atoms with Gasteiger partial charge in [-0.15, -0.1) is 0 Å². The van der Waals surface area contributed by atoms with E-state index in [9.17, 15) is 0 Å². The Balaban J connectivity index is 1.70. The summed E-state index contributed by atoms with van der Waals surface area (Å²) in [6.45, 7) is 5.47. The molecule has 0 aliphatic rings. The summed E-state index contributed by atoms with van der Waals surface area (Å²) in [4.78, 5) is 9.06. The monoisotopic (exact) mass is 416 g/mol. The first-order valence-corrected chi connectivity index (χ1v) is 10.5. The number of rotatable bonds is 10. The quantitative estimate of drug-likeness (QED) is 0.209. The number of unbranched alkanes of at least 4 members (excludes halogenated alkanes) is 1. The smallest absolute Gasteiger partial charge is 0.172 e. The second kappa shape index (κ2) is 12.1. The van der Waals surface area contributed by atoms with Crippen LogP contribution in [0.4, 0.5) is 5.69 Å². The Kier molecular flexibility index (Phi) is 8.61. The molecule has 0 saturated heterocycles. The largest absolute Gasteiger partial charge is 0.494 e. The Morgan fingerprint density at radius 1 is 0.935 bits per heavy atom. The number of nitrogens with zero attached hydrogens (tertiary/aromatic N) is 3. The van der Waals surface area contributed by atoms with Crippen LogP contribution in [-0.4, -0.2) is 30.2 Å². The second-order valence-corrected chi connectivity index (χ2v) is 6.74. The van der Waals surface area contributed by atoms with Crippen molar-refractivity contribution in [3.63, 3.8) is 0 Å². The topological polar surface area (TPSA) is 68.1 Å². The van der Waals surface area contributed by atoms with Crippen LogP contribution in [0.1, 0.15) is 37.9 Å². The summed E-state index contributed by atoms with van der Waals surface area (Å²) in [5.74, 6) is 2.24. The minimum Gasteiger partial charge on any atom is -0.494 e. The van der Waals surface area contributed by atoms with Crippen molar-refractivity contribution in [1.29, 1.82) is 0 Å². The standard InChI is InChI=1S/C25H28N4O2/c1-3-5-18-31-23-13-9-20(10-14-23)19-27-29-25(24-8-6-7-17-26-24)28-21-11-15-22(16-12-21)30-4-2/h6-17,19H,3-5,18H2,1-2H3,(H,28,29)/b27-19-. The van der Waals surface area contributed by atoms with Crippen LogP contribution in [0, 0.1) is 0 Å². The van der Waals surface area contributed by atoms with Gasteiger partial charge < -0.3 is 9.47 Å². The summed E-state index contributed by atoms with van der Waals surface area (Å²) < 4.78 is 11.2. The van der Waals surface area contributed by atoms with Crippen LogP contribution < -0.4 is 14.9 Å². The first-order chi connectivity index (χ1) is 15.3. The molecule has 0 amide bonds. The highest BCUT2D eigenvalue weighted by atomic mass is 16.5. The van der Waals surface area contributed by atoms with Crippen molar-refractivity contribution < 1.29 is 9.47 Å². The molecule has 6 heteroatoms. The zero-order valence-electron chi connectivity index (χ0n) is 18.0. The van der Waals surface area contributed by atoms with Gasteiger partial charge in [0.25, 0.3) is 0 Å². The van der Waals surface area contributed by atoms with Gasteiger partial charge in [-0.3, -0.25) is 10.4 Å². The number of hydrogen-bond donors (Lipinski definition) is 1. The summed E-state index contributed by atoms with van der Waals surface area (Å²) in [6.07, 6.45) is 5.64. The van der Waals surface area contributed by atoms with E-state index in [0.29, 0.717) is 18.1 Å². The number of ether oxygens (including phenoxy) is 2. The summed E-state index contributed by atoms with van der Waals surface area (Å²) >= 11 is 0. The van der Waals surface area contributed by atoms with Gasteiger partial charge in [-0.1, -0.05) is 19.4 Å². The van der Waals surface area contributed by atoms with Gasteiger partial charge in [0.1, 0.15) is 17.2 Å². The predicted molar refractivity (Wildman–Crippen MR) is 126 cm³/mol. The first kappa shape index (κ1) is 22.0. The number of hydrazone groups is 1. The summed E-state index contributed by atoms with van der Waals surface area (Å²) in [7, 11) is 0. The van der Waals surface area contributed by atoms with E-state index in [-0.39, 0.29) is 0 Å². The molecule has 0 radical (unpaired) electrons. The molecule has 0 aliphatic heterocycles. The fraction of sp³-hybridized carbons (Fsp3) is 0.240. The molecule has 0 spiro atoms. The molecule has 31 heavy (non-hydrogen) atoms. The lowest BCUT2D eigenvalue weighted by molar-refractivity contribution is 0.309. The average molecular weight is 417 g/mol. The van der Waals surface area contributed by atoms with Crippen molar-refractivity contribution in [2.75, 3.05) is 13.2 Å². The number of aliphatic imine (C=N–C) groups is 1. The van der Waals surface area contributed by atoms with E-state index in [4.69, 9.17) is 9.47 Å². The first-order valence-electron chi connectivity index (χ1n) is 10.5. The van der Waals surface area contributed by atoms with Crippen LogP contribution in [-0.2, 0) is 0 Å². The lowest BCUT2D eigenvalue weighted by atomic mass is 10.2. The molecule has 1 aromatic heterocycles. The number of pyridine rings is 1. The molecule has 1 heterocycles. The molecule has 0 aliphatic carbocycles. The molecule has 0 atom stereocenters. The van der Waals surface area contributed by atoms with Crippen molar-refractivity contribution in [1.82, 2.24) is 10.4 Å². The Bertz CT molecular complexity index is 969. The van der Waals surface area contributed by atoms with Crippen molar-refractivity contribution in [2.24, 2.45) is 10.1 Å². The van der Waals surface area contributed by atoms with Gasteiger partial charge in [0.15, 0.2) is 5.84 Å².